The minimum atomic E-state index is -0.134. The summed E-state index contributed by atoms with van der Waals surface area (Å²) < 4.78 is 2.39. The Labute approximate surface area is 405 Å². The van der Waals surface area contributed by atoms with Gasteiger partial charge in [0, 0.05) is 38.8 Å². The van der Waals surface area contributed by atoms with Crippen LogP contribution in [0.4, 0.5) is 17.1 Å². The highest BCUT2D eigenvalue weighted by Crippen LogP contribution is 2.53. The maximum absolute atomic E-state index is 2.50. The van der Waals surface area contributed by atoms with Gasteiger partial charge in [-0.15, -0.1) is 0 Å². The third-order valence-electron chi connectivity index (χ3n) is 15.6. The van der Waals surface area contributed by atoms with Gasteiger partial charge in [-0.05, 0) is 146 Å². The molecule has 0 saturated heterocycles. The fourth-order valence-corrected chi connectivity index (χ4v) is 12.4. The maximum Gasteiger partial charge on any atom is 0.0541 e. The van der Waals surface area contributed by atoms with Crippen molar-refractivity contribution in [3.8, 4) is 50.2 Å². The first-order valence-corrected chi connectivity index (χ1v) is 25.0. The van der Waals surface area contributed by atoms with E-state index in [1.54, 1.807) is 0 Å². The van der Waals surface area contributed by atoms with Gasteiger partial charge in [-0.1, -0.05) is 197 Å². The molecule has 1 fully saturated rings. The van der Waals surface area contributed by atoms with Crippen molar-refractivity contribution >= 4 is 49.6 Å². The third kappa shape index (κ3) is 6.84. The van der Waals surface area contributed by atoms with Crippen molar-refractivity contribution in [2.45, 2.75) is 57.3 Å². The Bertz CT molecular complexity index is 3730. The summed E-state index contributed by atoms with van der Waals surface area (Å²) in [6.45, 7) is 4.78. The lowest BCUT2D eigenvalue weighted by Crippen LogP contribution is -2.16. The van der Waals surface area contributed by atoms with Crippen molar-refractivity contribution in [1.29, 1.82) is 0 Å². The summed E-state index contributed by atoms with van der Waals surface area (Å²) in [6, 6.07) is 83.9. The number of hydrogen-bond donors (Lipinski definition) is 0. The highest BCUT2D eigenvalue weighted by atomic mass is 15.1. The number of benzene rings is 10. The largest absolute Gasteiger partial charge is 0.310 e. The van der Waals surface area contributed by atoms with Crippen LogP contribution < -0.4 is 4.90 Å². The summed E-state index contributed by atoms with van der Waals surface area (Å²) >= 11 is 0. The summed E-state index contributed by atoms with van der Waals surface area (Å²) in [5.74, 6) is 0.577. The Morgan fingerprint density at radius 2 is 1.09 bits per heavy atom. The molecule has 0 amide bonds. The molecule has 0 atom stereocenters. The molecule has 2 nitrogen and oxygen atoms in total. The average molecular weight is 887 g/mol. The van der Waals surface area contributed by atoms with E-state index in [9.17, 15) is 0 Å². The van der Waals surface area contributed by atoms with Crippen molar-refractivity contribution in [3.63, 3.8) is 0 Å². The van der Waals surface area contributed by atoms with Gasteiger partial charge in [0.05, 0.1) is 16.7 Å². The van der Waals surface area contributed by atoms with E-state index < -0.39 is 0 Å². The SMILES string of the molecule is CC1(C)c2ccccc2-c2cccc(-c3cccc(N(c4ccc(-c5ccc6c(c5)c5ccccc5n6-c5ccccc5)cc4)c4ccccc4-c4cccc5cccc(C6CCCCC6)c45)c3)c21. The Balaban J connectivity index is 0.975. The van der Waals surface area contributed by atoms with Crippen molar-refractivity contribution in [3.05, 3.63) is 241 Å². The highest BCUT2D eigenvalue weighted by Gasteiger charge is 2.37. The van der Waals surface area contributed by atoms with Gasteiger partial charge in [-0.2, -0.15) is 0 Å². The van der Waals surface area contributed by atoms with Crippen LogP contribution in [0.1, 0.15) is 68.6 Å². The molecule has 2 aliphatic carbocycles. The van der Waals surface area contributed by atoms with Gasteiger partial charge in [-0.25, -0.2) is 0 Å². The number of aromatic nitrogens is 1. The zero-order valence-corrected chi connectivity index (χ0v) is 39.4. The zero-order chi connectivity index (χ0) is 46.1. The van der Waals surface area contributed by atoms with Crippen molar-refractivity contribution in [2.24, 2.45) is 0 Å². The molecule has 2 heteroatoms. The average Bonchev–Trinajstić information content (AvgIpc) is 3.87. The number of anilines is 3. The summed E-state index contributed by atoms with van der Waals surface area (Å²) in [7, 11) is 0. The molecule has 1 heterocycles. The van der Waals surface area contributed by atoms with Crippen LogP contribution in [0.15, 0.2) is 224 Å². The van der Waals surface area contributed by atoms with E-state index in [4.69, 9.17) is 0 Å². The number of hydrogen-bond acceptors (Lipinski definition) is 1. The van der Waals surface area contributed by atoms with Crippen LogP contribution in [0.3, 0.4) is 0 Å². The molecule has 0 aliphatic heterocycles. The first-order chi connectivity index (χ1) is 34.0. The number of fused-ring (bicyclic) bond motifs is 7. The Morgan fingerprint density at radius 1 is 0.435 bits per heavy atom. The standard InChI is InChI=1S/C67H54N2/c1-67(2)61-34-12-9-27-55(61)59-33-18-31-54(66(59)67)49-23-15-26-52(43-49)68(62-35-13-10-28-56(62)58-32-17-22-47-21-16-30-53(65(47)58)46-19-5-3-6-20-46)51-40-37-45(38-41-51)48-39-42-64-60(44-48)57-29-11-14-36-63(57)69(64)50-24-7-4-8-25-50/h4,7-18,21-44,46H,3,5-6,19-20H2,1-2H3. The predicted octanol–water partition coefficient (Wildman–Crippen LogP) is 18.8. The quantitative estimate of drug-likeness (QED) is 0.148. The second-order valence-corrected chi connectivity index (χ2v) is 19.9. The van der Waals surface area contributed by atoms with Gasteiger partial charge in [0.2, 0.25) is 0 Å². The van der Waals surface area contributed by atoms with Crippen molar-refractivity contribution in [2.75, 3.05) is 4.90 Å². The number of para-hydroxylation sites is 3. The number of nitrogens with zero attached hydrogens (tertiary/aromatic N) is 2. The minimum absolute atomic E-state index is 0.134. The van der Waals surface area contributed by atoms with E-state index in [0.29, 0.717) is 5.92 Å². The Hall–Kier alpha value is -7.94. The molecule has 1 aromatic heterocycles. The van der Waals surface area contributed by atoms with Crippen LogP contribution in [0.2, 0.25) is 0 Å². The molecule has 0 unspecified atom stereocenters. The normalized spacial score (nSPS) is 14.3. The van der Waals surface area contributed by atoms with Crippen LogP contribution in [0.5, 0.6) is 0 Å². The predicted molar refractivity (Wildman–Crippen MR) is 293 cm³/mol. The van der Waals surface area contributed by atoms with Crippen LogP contribution in [0.25, 0.3) is 82.8 Å². The smallest absolute Gasteiger partial charge is 0.0541 e. The van der Waals surface area contributed by atoms with Gasteiger partial charge < -0.3 is 9.47 Å². The third-order valence-corrected chi connectivity index (χ3v) is 15.6. The fourth-order valence-electron chi connectivity index (χ4n) is 12.4. The van der Waals surface area contributed by atoms with E-state index in [1.165, 1.54) is 132 Å². The summed E-state index contributed by atoms with van der Waals surface area (Å²) in [6.07, 6.45) is 6.46. The lowest BCUT2D eigenvalue weighted by Gasteiger charge is -2.30. The molecule has 0 spiro atoms. The molecule has 10 aromatic carbocycles. The molecular weight excluding hydrogens is 833 g/mol. The van der Waals surface area contributed by atoms with Crippen LogP contribution in [-0.2, 0) is 5.41 Å². The number of rotatable bonds is 8. The summed E-state index contributed by atoms with van der Waals surface area (Å²) in [5.41, 5.74) is 21.3. The lowest BCUT2D eigenvalue weighted by atomic mass is 9.79. The highest BCUT2D eigenvalue weighted by molar-refractivity contribution is 6.10. The molecule has 11 aromatic rings. The topological polar surface area (TPSA) is 8.17 Å². The molecule has 13 rings (SSSR count). The van der Waals surface area contributed by atoms with Gasteiger partial charge >= 0.3 is 0 Å². The minimum Gasteiger partial charge on any atom is -0.310 e. The van der Waals surface area contributed by atoms with Gasteiger partial charge in [0.1, 0.15) is 0 Å². The molecule has 332 valence electrons. The molecule has 0 radical (unpaired) electrons. The Kier molecular flexibility index (Phi) is 9.98. The monoisotopic (exact) mass is 886 g/mol. The van der Waals surface area contributed by atoms with Gasteiger partial charge in [-0.3, -0.25) is 0 Å². The molecule has 69 heavy (non-hydrogen) atoms. The van der Waals surface area contributed by atoms with Gasteiger partial charge in [0.15, 0.2) is 0 Å². The fraction of sp³-hybridized carbons (Fsp3) is 0.134. The lowest BCUT2D eigenvalue weighted by molar-refractivity contribution is 0.445. The van der Waals surface area contributed by atoms with E-state index in [1.807, 2.05) is 0 Å². The van der Waals surface area contributed by atoms with Crippen molar-refractivity contribution in [1.82, 2.24) is 4.57 Å². The second kappa shape index (κ2) is 16.7. The van der Waals surface area contributed by atoms with Crippen LogP contribution in [-0.4, -0.2) is 4.57 Å². The molecule has 0 bridgehead atoms. The molecular formula is C67H54N2. The van der Waals surface area contributed by atoms with Crippen molar-refractivity contribution < 1.29 is 0 Å². The van der Waals surface area contributed by atoms with E-state index in [0.717, 1.165) is 17.1 Å². The van der Waals surface area contributed by atoms with E-state index >= 15 is 0 Å². The zero-order valence-electron chi connectivity index (χ0n) is 39.4. The molecule has 2 aliphatic rings. The van der Waals surface area contributed by atoms with Gasteiger partial charge in [0.25, 0.3) is 0 Å². The first-order valence-electron chi connectivity index (χ1n) is 25.0. The second-order valence-electron chi connectivity index (χ2n) is 19.9. The Morgan fingerprint density at radius 3 is 1.94 bits per heavy atom. The molecule has 1 saturated carbocycles. The molecule has 0 N–H and O–H groups in total. The van der Waals surface area contributed by atoms with Crippen LogP contribution in [0, 0.1) is 0 Å². The summed E-state index contributed by atoms with van der Waals surface area (Å²) in [5, 5.41) is 5.22. The maximum atomic E-state index is 2.50. The van der Waals surface area contributed by atoms with E-state index in [2.05, 4.69) is 248 Å². The first kappa shape index (κ1) is 41.3. The van der Waals surface area contributed by atoms with E-state index in [-0.39, 0.29) is 5.41 Å². The summed E-state index contributed by atoms with van der Waals surface area (Å²) in [4.78, 5) is 2.50. The van der Waals surface area contributed by atoms with Crippen LogP contribution >= 0.6 is 0 Å².